The molecule has 3 aromatic carbocycles. The highest BCUT2D eigenvalue weighted by atomic mass is 32.2. The predicted molar refractivity (Wildman–Crippen MR) is 144 cm³/mol. The Morgan fingerprint density at radius 2 is 1.92 bits per heavy atom. The van der Waals surface area contributed by atoms with E-state index in [4.69, 9.17) is 0 Å². The van der Waals surface area contributed by atoms with E-state index in [0.717, 1.165) is 40.2 Å². The maximum absolute atomic E-state index is 13.3. The van der Waals surface area contributed by atoms with Gasteiger partial charge in [0.2, 0.25) is 0 Å². The third-order valence-electron chi connectivity index (χ3n) is 6.01. The van der Waals surface area contributed by atoms with E-state index < -0.39 is 0 Å². The number of nitrogens with one attached hydrogen (secondary N) is 2. The number of hydrogen-bond donors (Lipinski definition) is 2. The number of hydrogen-bond acceptors (Lipinski definition) is 3. The molecule has 4 aromatic rings. The standard InChI is InChI=1S/C30H28FN3OS/c1-21-5-3-7-27(22(21)2)20-36-29-15-12-26(30(35)32-16-4-6-24-18-33-34-19-24)17-25(29)11-8-23-9-13-28(31)14-10-23/h3,5,7,9-10,12-15,17-19H,4,6,16,20H2,1-2H3,(H,32,35)(H,33,34). The molecule has 36 heavy (non-hydrogen) atoms. The molecule has 0 saturated heterocycles. The average molecular weight is 498 g/mol. The van der Waals surface area contributed by atoms with Crippen molar-refractivity contribution in [1.82, 2.24) is 15.5 Å². The first-order chi connectivity index (χ1) is 17.5. The van der Waals surface area contributed by atoms with Crippen LogP contribution in [0.5, 0.6) is 0 Å². The Hall–Kier alpha value is -3.82. The molecular weight excluding hydrogens is 469 g/mol. The van der Waals surface area contributed by atoms with Crippen LogP contribution in [0.4, 0.5) is 4.39 Å². The Kier molecular flexibility index (Phi) is 8.59. The first kappa shape index (κ1) is 25.3. The molecule has 0 bridgehead atoms. The summed E-state index contributed by atoms with van der Waals surface area (Å²) in [6, 6.07) is 18.1. The van der Waals surface area contributed by atoms with Gasteiger partial charge in [0.05, 0.1) is 6.20 Å². The summed E-state index contributed by atoms with van der Waals surface area (Å²) in [7, 11) is 0. The Balaban J connectivity index is 1.51. The third kappa shape index (κ3) is 6.87. The van der Waals surface area contributed by atoms with Crippen molar-refractivity contribution < 1.29 is 9.18 Å². The van der Waals surface area contributed by atoms with Gasteiger partial charge >= 0.3 is 0 Å². The molecule has 1 heterocycles. The van der Waals surface area contributed by atoms with E-state index in [2.05, 4.69) is 59.4 Å². The third-order valence-corrected chi connectivity index (χ3v) is 7.13. The van der Waals surface area contributed by atoms with Crippen molar-refractivity contribution >= 4 is 17.7 Å². The van der Waals surface area contributed by atoms with Crippen LogP contribution in [-0.4, -0.2) is 22.6 Å². The lowest BCUT2D eigenvalue weighted by molar-refractivity contribution is 0.0953. The molecule has 0 spiro atoms. The summed E-state index contributed by atoms with van der Waals surface area (Å²) in [5.74, 6) is 6.70. The second-order valence-corrected chi connectivity index (χ2v) is 9.60. The summed E-state index contributed by atoms with van der Waals surface area (Å²) in [6.45, 7) is 4.83. The van der Waals surface area contributed by atoms with Gasteiger partial charge in [0.25, 0.3) is 5.91 Å². The fourth-order valence-electron chi connectivity index (χ4n) is 3.70. The van der Waals surface area contributed by atoms with Crippen LogP contribution in [-0.2, 0) is 12.2 Å². The first-order valence-corrected chi connectivity index (χ1v) is 12.8. The molecule has 1 amide bonds. The van der Waals surface area contributed by atoms with Gasteiger partial charge in [-0.15, -0.1) is 11.8 Å². The van der Waals surface area contributed by atoms with Gasteiger partial charge in [0, 0.05) is 40.1 Å². The highest BCUT2D eigenvalue weighted by Gasteiger charge is 2.11. The van der Waals surface area contributed by atoms with E-state index in [1.54, 1.807) is 30.1 Å². The molecule has 0 fully saturated rings. The van der Waals surface area contributed by atoms with Gasteiger partial charge in [-0.25, -0.2) is 4.39 Å². The van der Waals surface area contributed by atoms with Crippen molar-refractivity contribution in [3.8, 4) is 11.8 Å². The van der Waals surface area contributed by atoms with Gasteiger partial charge < -0.3 is 5.32 Å². The monoisotopic (exact) mass is 497 g/mol. The van der Waals surface area contributed by atoms with E-state index in [9.17, 15) is 9.18 Å². The lowest BCUT2D eigenvalue weighted by Crippen LogP contribution is -2.24. The maximum atomic E-state index is 13.3. The fourth-order valence-corrected chi connectivity index (χ4v) is 4.76. The minimum atomic E-state index is -0.295. The Labute approximate surface area is 215 Å². The number of halogens is 1. The summed E-state index contributed by atoms with van der Waals surface area (Å²) in [5, 5.41) is 9.74. The number of aromatic amines is 1. The zero-order valence-corrected chi connectivity index (χ0v) is 21.2. The first-order valence-electron chi connectivity index (χ1n) is 11.8. The Bertz CT molecular complexity index is 1390. The molecule has 0 aliphatic carbocycles. The summed E-state index contributed by atoms with van der Waals surface area (Å²) in [5.41, 5.74) is 7.01. The summed E-state index contributed by atoms with van der Waals surface area (Å²) < 4.78 is 13.3. The fraction of sp³-hybridized carbons (Fsp3) is 0.200. The number of H-pyrrole nitrogens is 1. The number of aromatic nitrogens is 2. The summed E-state index contributed by atoms with van der Waals surface area (Å²) in [4.78, 5) is 13.8. The van der Waals surface area contributed by atoms with Gasteiger partial charge in [-0.2, -0.15) is 5.10 Å². The molecule has 0 radical (unpaired) electrons. The number of carbonyl (C=O) groups is 1. The average Bonchev–Trinajstić information content (AvgIpc) is 3.41. The van der Waals surface area contributed by atoms with Gasteiger partial charge in [0.15, 0.2) is 0 Å². The summed E-state index contributed by atoms with van der Waals surface area (Å²) >= 11 is 1.70. The Morgan fingerprint density at radius 3 is 2.69 bits per heavy atom. The molecule has 0 unspecified atom stereocenters. The molecular formula is C30H28FN3OS. The number of rotatable bonds is 8. The van der Waals surface area contributed by atoms with Crippen molar-refractivity contribution in [2.75, 3.05) is 6.54 Å². The van der Waals surface area contributed by atoms with Crippen molar-refractivity contribution in [2.45, 2.75) is 37.3 Å². The number of carbonyl (C=O) groups excluding carboxylic acids is 1. The molecule has 0 saturated carbocycles. The molecule has 2 N–H and O–H groups in total. The van der Waals surface area contributed by atoms with Crippen LogP contribution < -0.4 is 5.32 Å². The van der Waals surface area contributed by atoms with Crippen molar-refractivity contribution in [3.05, 3.63) is 118 Å². The van der Waals surface area contributed by atoms with Gasteiger partial charge in [-0.05, 0) is 91.4 Å². The van der Waals surface area contributed by atoms with E-state index in [1.807, 2.05) is 24.4 Å². The maximum Gasteiger partial charge on any atom is 0.251 e. The second kappa shape index (κ2) is 12.2. The van der Waals surface area contributed by atoms with E-state index in [0.29, 0.717) is 12.1 Å². The lowest BCUT2D eigenvalue weighted by Gasteiger charge is -2.11. The highest BCUT2D eigenvalue weighted by Crippen LogP contribution is 2.29. The molecule has 0 atom stereocenters. The van der Waals surface area contributed by atoms with Crippen LogP contribution in [0.1, 0.15) is 50.2 Å². The number of benzene rings is 3. The largest absolute Gasteiger partial charge is 0.352 e. The molecule has 6 heteroatoms. The molecule has 4 rings (SSSR count). The van der Waals surface area contributed by atoms with Crippen LogP contribution in [0.2, 0.25) is 0 Å². The molecule has 182 valence electrons. The van der Waals surface area contributed by atoms with E-state index in [1.165, 1.54) is 28.8 Å². The molecule has 0 aliphatic rings. The number of nitrogens with zero attached hydrogens (tertiary/aromatic N) is 1. The van der Waals surface area contributed by atoms with Crippen molar-refractivity contribution in [2.24, 2.45) is 0 Å². The SMILES string of the molecule is Cc1cccc(CSc2ccc(C(=O)NCCCc3cn[nH]c3)cc2C#Cc2ccc(F)cc2)c1C. The molecule has 1 aromatic heterocycles. The zero-order chi connectivity index (χ0) is 25.3. The normalized spacial score (nSPS) is 10.5. The molecule has 0 aliphatic heterocycles. The highest BCUT2D eigenvalue weighted by molar-refractivity contribution is 7.98. The zero-order valence-electron chi connectivity index (χ0n) is 20.4. The van der Waals surface area contributed by atoms with Crippen molar-refractivity contribution in [1.29, 1.82) is 0 Å². The van der Waals surface area contributed by atoms with Gasteiger partial charge in [-0.1, -0.05) is 30.0 Å². The second-order valence-electron chi connectivity index (χ2n) is 8.58. The van der Waals surface area contributed by atoms with Gasteiger partial charge in [0.1, 0.15) is 5.82 Å². The van der Waals surface area contributed by atoms with Gasteiger partial charge in [-0.3, -0.25) is 9.89 Å². The van der Waals surface area contributed by atoms with Crippen molar-refractivity contribution in [3.63, 3.8) is 0 Å². The van der Waals surface area contributed by atoms with Crippen LogP contribution in [0.15, 0.2) is 78.0 Å². The quantitative estimate of drug-likeness (QED) is 0.173. The van der Waals surface area contributed by atoms with Crippen LogP contribution in [0.25, 0.3) is 0 Å². The van der Waals surface area contributed by atoms with Crippen LogP contribution in [0, 0.1) is 31.5 Å². The summed E-state index contributed by atoms with van der Waals surface area (Å²) in [6.07, 6.45) is 5.33. The topological polar surface area (TPSA) is 57.8 Å². The smallest absolute Gasteiger partial charge is 0.251 e. The minimum absolute atomic E-state index is 0.127. The number of aryl methyl sites for hydroxylation is 2. The minimum Gasteiger partial charge on any atom is -0.352 e. The predicted octanol–water partition coefficient (Wildman–Crippen LogP) is 6.22. The van der Waals surface area contributed by atoms with Crippen LogP contribution in [0.3, 0.4) is 0 Å². The number of amides is 1. The van der Waals surface area contributed by atoms with E-state index in [-0.39, 0.29) is 11.7 Å². The van der Waals surface area contributed by atoms with Crippen LogP contribution >= 0.6 is 11.8 Å². The lowest BCUT2D eigenvalue weighted by atomic mass is 10.1. The Morgan fingerprint density at radius 1 is 1.08 bits per heavy atom. The molecule has 4 nitrogen and oxygen atoms in total. The van der Waals surface area contributed by atoms with E-state index >= 15 is 0 Å². The number of thioether (sulfide) groups is 1.